The molecule has 2 heterocycles. The van der Waals surface area contributed by atoms with Gasteiger partial charge < -0.3 is 16.0 Å². The largest absolute Gasteiger partial charge is 0.383 e. The zero-order valence-corrected chi connectivity index (χ0v) is 11.5. The van der Waals surface area contributed by atoms with E-state index in [0.29, 0.717) is 11.0 Å². The fourth-order valence-electron chi connectivity index (χ4n) is 1.44. The number of hydrogen-bond donors (Lipinski definition) is 3. The molecule has 0 saturated heterocycles. The van der Waals surface area contributed by atoms with Gasteiger partial charge in [-0.15, -0.1) is 0 Å². The smallest absolute Gasteiger partial charge is 0.253 e. The van der Waals surface area contributed by atoms with Crippen LogP contribution in [-0.2, 0) is 4.79 Å². The van der Waals surface area contributed by atoms with Gasteiger partial charge >= 0.3 is 0 Å². The molecular formula is C12H13N5O2S. The fourth-order valence-corrected chi connectivity index (χ4v) is 2.12. The number of aromatic nitrogens is 3. The number of nitrogens with one attached hydrogen (secondary N) is 2. The molecule has 2 aromatic rings. The third kappa shape index (κ3) is 4.09. The molecule has 0 atom stereocenters. The van der Waals surface area contributed by atoms with Crippen molar-refractivity contribution in [1.29, 1.82) is 0 Å². The van der Waals surface area contributed by atoms with E-state index in [1.165, 1.54) is 6.07 Å². The lowest BCUT2D eigenvalue weighted by molar-refractivity contribution is -0.113. The van der Waals surface area contributed by atoms with E-state index in [2.05, 4.69) is 20.3 Å². The Morgan fingerprint density at radius 1 is 1.50 bits per heavy atom. The molecule has 0 spiro atoms. The molecule has 0 fully saturated rings. The summed E-state index contributed by atoms with van der Waals surface area (Å²) in [5.74, 6) is 0.474. The van der Waals surface area contributed by atoms with E-state index in [1.807, 2.05) is 13.0 Å². The first-order valence-corrected chi connectivity index (χ1v) is 6.73. The second kappa shape index (κ2) is 6.20. The number of carbonyl (C=O) groups excluding carboxylic acids is 1. The van der Waals surface area contributed by atoms with E-state index in [9.17, 15) is 9.59 Å². The summed E-state index contributed by atoms with van der Waals surface area (Å²) in [5, 5.41) is 2.97. The van der Waals surface area contributed by atoms with Crippen LogP contribution in [-0.4, -0.2) is 26.6 Å². The molecule has 0 aliphatic carbocycles. The fraction of sp³-hybridized carbons (Fsp3) is 0.167. The van der Waals surface area contributed by atoms with Crippen molar-refractivity contribution in [2.45, 2.75) is 12.1 Å². The molecule has 104 valence electrons. The van der Waals surface area contributed by atoms with Crippen LogP contribution < -0.4 is 16.6 Å². The topological polar surface area (TPSA) is 114 Å². The lowest BCUT2D eigenvalue weighted by Gasteiger charge is -2.04. The van der Waals surface area contributed by atoms with Crippen LogP contribution in [0.2, 0.25) is 0 Å². The Hall–Kier alpha value is -2.35. The maximum Gasteiger partial charge on any atom is 0.253 e. The van der Waals surface area contributed by atoms with Gasteiger partial charge in [-0.05, 0) is 24.6 Å². The van der Waals surface area contributed by atoms with Gasteiger partial charge in [-0.1, -0.05) is 11.8 Å². The molecule has 0 radical (unpaired) electrons. The monoisotopic (exact) mass is 291 g/mol. The summed E-state index contributed by atoms with van der Waals surface area (Å²) in [5.41, 5.74) is 6.11. The van der Waals surface area contributed by atoms with Crippen molar-refractivity contribution >= 4 is 29.3 Å². The van der Waals surface area contributed by atoms with Crippen molar-refractivity contribution in [1.82, 2.24) is 15.0 Å². The number of amides is 1. The third-order valence-corrected chi connectivity index (χ3v) is 3.14. The van der Waals surface area contributed by atoms with Crippen LogP contribution >= 0.6 is 11.8 Å². The Labute approximate surface area is 119 Å². The van der Waals surface area contributed by atoms with E-state index >= 15 is 0 Å². The molecule has 0 bridgehead atoms. The number of nitrogen functional groups attached to an aromatic ring is 1. The van der Waals surface area contributed by atoms with Crippen molar-refractivity contribution in [3.05, 3.63) is 40.3 Å². The summed E-state index contributed by atoms with van der Waals surface area (Å²) in [7, 11) is 0. The number of nitrogens with two attached hydrogens (primary N) is 1. The third-order valence-electron chi connectivity index (χ3n) is 2.26. The van der Waals surface area contributed by atoms with E-state index < -0.39 is 0 Å². The maximum atomic E-state index is 11.7. The molecule has 0 aliphatic heterocycles. The maximum absolute atomic E-state index is 11.7. The van der Waals surface area contributed by atoms with Crippen LogP contribution in [0.5, 0.6) is 0 Å². The SMILES string of the molecule is Cc1ccnc(NC(=O)CSc2nc(N)cc(=O)[nH]2)c1. The second-order valence-electron chi connectivity index (χ2n) is 4.03. The molecule has 1 amide bonds. The number of pyridine rings is 1. The number of rotatable bonds is 4. The Morgan fingerprint density at radius 2 is 2.30 bits per heavy atom. The molecule has 0 aromatic carbocycles. The van der Waals surface area contributed by atoms with Gasteiger partial charge in [0.15, 0.2) is 5.16 Å². The van der Waals surface area contributed by atoms with Gasteiger partial charge in [0.25, 0.3) is 5.56 Å². The summed E-state index contributed by atoms with van der Waals surface area (Å²) >= 11 is 1.09. The Kier molecular flexibility index (Phi) is 4.36. The number of anilines is 2. The first-order chi connectivity index (χ1) is 9.52. The van der Waals surface area contributed by atoms with Gasteiger partial charge in [0.05, 0.1) is 5.75 Å². The highest BCUT2D eigenvalue weighted by molar-refractivity contribution is 7.99. The van der Waals surface area contributed by atoms with Crippen molar-refractivity contribution in [2.75, 3.05) is 16.8 Å². The van der Waals surface area contributed by atoms with Crippen molar-refractivity contribution in [3.63, 3.8) is 0 Å². The molecule has 7 nitrogen and oxygen atoms in total. The Bertz CT molecular complexity index is 686. The van der Waals surface area contributed by atoms with Crippen LogP contribution in [0.15, 0.2) is 34.3 Å². The second-order valence-corrected chi connectivity index (χ2v) is 4.99. The molecule has 0 unspecified atom stereocenters. The molecule has 2 aromatic heterocycles. The zero-order chi connectivity index (χ0) is 14.5. The molecular weight excluding hydrogens is 278 g/mol. The number of carbonyl (C=O) groups is 1. The minimum atomic E-state index is -0.347. The Balaban J connectivity index is 1.93. The zero-order valence-electron chi connectivity index (χ0n) is 10.7. The summed E-state index contributed by atoms with van der Waals surface area (Å²) < 4.78 is 0. The standard InChI is InChI=1S/C12H13N5O2S/c1-7-2-3-14-9(4-7)16-11(19)6-20-12-15-8(13)5-10(18)17-12/h2-5H,6H2,1H3,(H,14,16,19)(H3,13,15,17,18). The highest BCUT2D eigenvalue weighted by Crippen LogP contribution is 2.12. The number of hydrogen-bond acceptors (Lipinski definition) is 6. The Morgan fingerprint density at radius 3 is 3.00 bits per heavy atom. The summed E-state index contributed by atoms with van der Waals surface area (Å²) in [4.78, 5) is 33.4. The predicted octanol–water partition coefficient (Wildman–Crippen LogP) is 0.786. The van der Waals surface area contributed by atoms with Gasteiger partial charge in [0, 0.05) is 12.3 Å². The predicted molar refractivity (Wildman–Crippen MR) is 77.6 cm³/mol. The van der Waals surface area contributed by atoms with E-state index in [-0.39, 0.29) is 23.0 Å². The van der Waals surface area contributed by atoms with Gasteiger partial charge in [-0.25, -0.2) is 9.97 Å². The molecule has 8 heteroatoms. The van der Waals surface area contributed by atoms with Gasteiger partial charge in [0.2, 0.25) is 5.91 Å². The first-order valence-electron chi connectivity index (χ1n) is 5.75. The van der Waals surface area contributed by atoms with Crippen LogP contribution in [0.25, 0.3) is 0 Å². The quantitative estimate of drug-likeness (QED) is 0.567. The average Bonchev–Trinajstić information content (AvgIpc) is 2.35. The number of aromatic amines is 1. The average molecular weight is 291 g/mol. The van der Waals surface area contributed by atoms with Crippen molar-refractivity contribution in [3.8, 4) is 0 Å². The summed E-state index contributed by atoms with van der Waals surface area (Å²) in [6.45, 7) is 1.91. The van der Waals surface area contributed by atoms with Gasteiger partial charge in [-0.3, -0.25) is 9.59 Å². The first kappa shape index (κ1) is 14.1. The van der Waals surface area contributed by atoms with Crippen molar-refractivity contribution < 1.29 is 4.79 Å². The summed E-state index contributed by atoms with van der Waals surface area (Å²) in [6.07, 6.45) is 1.62. The van der Waals surface area contributed by atoms with E-state index in [0.717, 1.165) is 17.3 Å². The van der Waals surface area contributed by atoms with E-state index in [4.69, 9.17) is 5.73 Å². The highest BCUT2D eigenvalue weighted by Gasteiger charge is 2.06. The molecule has 20 heavy (non-hydrogen) atoms. The molecule has 0 saturated carbocycles. The van der Waals surface area contributed by atoms with Gasteiger partial charge in [0.1, 0.15) is 11.6 Å². The van der Waals surface area contributed by atoms with Crippen molar-refractivity contribution in [2.24, 2.45) is 0 Å². The summed E-state index contributed by atoms with van der Waals surface area (Å²) in [6, 6.07) is 4.79. The molecule has 4 N–H and O–H groups in total. The van der Waals surface area contributed by atoms with E-state index in [1.54, 1.807) is 12.3 Å². The number of aryl methyl sites for hydroxylation is 1. The van der Waals surface area contributed by atoms with Crippen LogP contribution in [0.1, 0.15) is 5.56 Å². The number of thioether (sulfide) groups is 1. The lowest BCUT2D eigenvalue weighted by Crippen LogP contribution is -2.16. The van der Waals surface area contributed by atoms with Gasteiger partial charge in [-0.2, -0.15) is 0 Å². The van der Waals surface area contributed by atoms with Crippen LogP contribution in [0.4, 0.5) is 11.6 Å². The van der Waals surface area contributed by atoms with Crippen LogP contribution in [0.3, 0.4) is 0 Å². The number of nitrogens with zero attached hydrogens (tertiary/aromatic N) is 2. The minimum absolute atomic E-state index is 0.0992. The highest BCUT2D eigenvalue weighted by atomic mass is 32.2. The number of H-pyrrole nitrogens is 1. The molecule has 0 aliphatic rings. The lowest BCUT2D eigenvalue weighted by atomic mass is 10.3. The minimum Gasteiger partial charge on any atom is -0.383 e. The van der Waals surface area contributed by atoms with Crippen LogP contribution in [0, 0.1) is 6.92 Å². The molecule has 2 rings (SSSR count). The normalized spacial score (nSPS) is 10.2.